The molecule has 3 N–H and O–H groups in total. The normalized spacial score (nSPS) is 15.9. The number of nitrogens with zero attached hydrogens (tertiary/aromatic N) is 3. The van der Waals surface area contributed by atoms with E-state index in [1.54, 1.807) is 24.3 Å². The molecule has 1 saturated heterocycles. The standard InChI is InChI=1S/C21H27N5O5/c1-4-5-10-25-18(22)17(19(28)23-21(25)30)24(2)20(29)13-11-16(27)26(12-13)14-8-6-7-9-15(14)31-3/h6-9,13H,4-5,10-12,22H2,1-3H3,(H,23,28,30)/t13-/m0/s1. The quantitative estimate of drug-likeness (QED) is 0.674. The van der Waals surface area contributed by atoms with Crippen molar-refractivity contribution in [2.75, 3.05) is 36.2 Å². The lowest BCUT2D eigenvalue weighted by atomic mass is 10.1. The van der Waals surface area contributed by atoms with Gasteiger partial charge in [-0.1, -0.05) is 25.5 Å². The fourth-order valence-corrected chi connectivity index (χ4v) is 3.78. The molecular formula is C21H27N5O5. The SMILES string of the molecule is CCCCn1c(N)c(N(C)C(=O)[C@H]2CC(=O)N(c3ccccc3OC)C2)c(=O)[nH]c1=O. The number of H-pyrrole nitrogens is 1. The van der Waals surface area contributed by atoms with E-state index < -0.39 is 23.1 Å². The molecule has 3 rings (SSSR count). The van der Waals surface area contributed by atoms with E-state index in [0.717, 1.165) is 11.3 Å². The number of hydrogen-bond acceptors (Lipinski definition) is 6. The number of anilines is 3. The van der Waals surface area contributed by atoms with Crippen molar-refractivity contribution in [3.63, 3.8) is 0 Å². The number of aromatic nitrogens is 2. The molecule has 31 heavy (non-hydrogen) atoms. The molecule has 1 aromatic heterocycles. The van der Waals surface area contributed by atoms with Gasteiger partial charge in [-0.05, 0) is 18.6 Å². The highest BCUT2D eigenvalue weighted by atomic mass is 16.5. The first-order valence-corrected chi connectivity index (χ1v) is 10.1. The van der Waals surface area contributed by atoms with E-state index in [1.165, 1.54) is 23.6 Å². The Bertz CT molecular complexity index is 1110. The lowest BCUT2D eigenvalue weighted by Crippen LogP contribution is -2.42. The highest BCUT2D eigenvalue weighted by molar-refractivity contribution is 6.05. The van der Waals surface area contributed by atoms with Crippen LogP contribution in [0.25, 0.3) is 0 Å². The maximum Gasteiger partial charge on any atom is 0.330 e. The number of benzene rings is 1. The number of ether oxygens (including phenoxy) is 1. The van der Waals surface area contributed by atoms with Crippen LogP contribution in [0.1, 0.15) is 26.2 Å². The zero-order valence-corrected chi connectivity index (χ0v) is 17.9. The fourth-order valence-electron chi connectivity index (χ4n) is 3.78. The predicted molar refractivity (Wildman–Crippen MR) is 118 cm³/mol. The smallest absolute Gasteiger partial charge is 0.330 e. The maximum absolute atomic E-state index is 13.2. The molecule has 1 fully saturated rings. The van der Waals surface area contributed by atoms with Crippen LogP contribution in [-0.2, 0) is 16.1 Å². The van der Waals surface area contributed by atoms with Gasteiger partial charge in [-0.25, -0.2) is 4.79 Å². The summed E-state index contributed by atoms with van der Waals surface area (Å²) in [4.78, 5) is 55.2. The van der Waals surface area contributed by atoms with Crippen LogP contribution in [0.3, 0.4) is 0 Å². The van der Waals surface area contributed by atoms with Gasteiger partial charge in [0.1, 0.15) is 11.6 Å². The van der Waals surface area contributed by atoms with E-state index >= 15 is 0 Å². The average molecular weight is 429 g/mol. The number of unbranched alkanes of at least 4 members (excludes halogenated alkanes) is 1. The molecule has 2 heterocycles. The van der Waals surface area contributed by atoms with E-state index in [4.69, 9.17) is 10.5 Å². The number of carbonyl (C=O) groups is 2. The summed E-state index contributed by atoms with van der Waals surface area (Å²) in [6, 6.07) is 7.07. The van der Waals surface area contributed by atoms with Crippen LogP contribution in [-0.4, -0.2) is 42.1 Å². The number of nitrogens with one attached hydrogen (secondary N) is 1. The number of hydrogen-bond donors (Lipinski definition) is 2. The van der Waals surface area contributed by atoms with E-state index in [2.05, 4.69) is 4.98 Å². The molecule has 0 saturated carbocycles. The Hall–Kier alpha value is -3.56. The predicted octanol–water partition coefficient (Wildman–Crippen LogP) is 0.943. The molecule has 10 nitrogen and oxygen atoms in total. The molecule has 2 aromatic rings. The summed E-state index contributed by atoms with van der Waals surface area (Å²) in [5.74, 6) is -0.850. The molecule has 0 radical (unpaired) electrons. The second-order valence-electron chi connectivity index (χ2n) is 7.47. The summed E-state index contributed by atoms with van der Waals surface area (Å²) in [6.45, 7) is 2.44. The lowest BCUT2D eigenvalue weighted by Gasteiger charge is -2.23. The fraction of sp³-hybridized carbons (Fsp3) is 0.429. The van der Waals surface area contributed by atoms with Gasteiger partial charge < -0.3 is 20.3 Å². The third-order valence-electron chi connectivity index (χ3n) is 5.47. The van der Waals surface area contributed by atoms with E-state index in [-0.39, 0.29) is 30.4 Å². The third-order valence-corrected chi connectivity index (χ3v) is 5.47. The molecular weight excluding hydrogens is 402 g/mol. The van der Waals surface area contributed by atoms with Crippen LogP contribution in [0.4, 0.5) is 17.2 Å². The van der Waals surface area contributed by atoms with Crippen LogP contribution in [0.5, 0.6) is 5.75 Å². The number of aromatic amines is 1. The Morgan fingerprint density at radius 1 is 1.29 bits per heavy atom. The minimum Gasteiger partial charge on any atom is -0.495 e. The van der Waals surface area contributed by atoms with Gasteiger partial charge >= 0.3 is 5.69 Å². The summed E-state index contributed by atoms with van der Waals surface area (Å²) in [5, 5.41) is 0. The van der Waals surface area contributed by atoms with Gasteiger partial charge in [-0.2, -0.15) is 0 Å². The Morgan fingerprint density at radius 3 is 2.68 bits per heavy atom. The van der Waals surface area contributed by atoms with E-state index in [1.807, 2.05) is 6.92 Å². The Balaban J connectivity index is 1.88. The van der Waals surface area contributed by atoms with Gasteiger partial charge in [0.05, 0.1) is 18.7 Å². The molecule has 2 amide bonds. The van der Waals surface area contributed by atoms with Crippen molar-refractivity contribution in [2.45, 2.75) is 32.7 Å². The molecule has 0 spiro atoms. The molecule has 1 aromatic carbocycles. The number of amides is 2. The van der Waals surface area contributed by atoms with Crippen molar-refractivity contribution in [1.29, 1.82) is 0 Å². The molecule has 1 aliphatic rings. The molecule has 10 heteroatoms. The summed E-state index contributed by atoms with van der Waals surface area (Å²) < 4.78 is 6.58. The average Bonchev–Trinajstić information content (AvgIpc) is 3.14. The van der Waals surface area contributed by atoms with Crippen molar-refractivity contribution in [3.8, 4) is 5.75 Å². The second-order valence-corrected chi connectivity index (χ2v) is 7.47. The Morgan fingerprint density at radius 2 is 2.00 bits per heavy atom. The summed E-state index contributed by atoms with van der Waals surface area (Å²) >= 11 is 0. The van der Waals surface area contributed by atoms with Crippen molar-refractivity contribution in [2.24, 2.45) is 5.92 Å². The van der Waals surface area contributed by atoms with Crippen molar-refractivity contribution < 1.29 is 14.3 Å². The first kappa shape index (κ1) is 22.1. The van der Waals surface area contributed by atoms with Gasteiger partial charge in [0, 0.05) is 26.6 Å². The van der Waals surface area contributed by atoms with Crippen LogP contribution in [0, 0.1) is 5.92 Å². The largest absolute Gasteiger partial charge is 0.495 e. The molecule has 166 valence electrons. The topological polar surface area (TPSA) is 131 Å². The molecule has 0 aliphatic carbocycles. The van der Waals surface area contributed by atoms with Gasteiger partial charge in [0.2, 0.25) is 11.8 Å². The van der Waals surface area contributed by atoms with Crippen molar-refractivity contribution >= 4 is 29.0 Å². The summed E-state index contributed by atoms with van der Waals surface area (Å²) in [5.41, 5.74) is 5.24. The molecule has 1 aliphatic heterocycles. The monoisotopic (exact) mass is 429 g/mol. The summed E-state index contributed by atoms with van der Waals surface area (Å²) in [6.07, 6.45) is 1.52. The lowest BCUT2D eigenvalue weighted by molar-refractivity contribution is -0.124. The van der Waals surface area contributed by atoms with Crippen LogP contribution in [0.15, 0.2) is 33.9 Å². The maximum atomic E-state index is 13.2. The highest BCUT2D eigenvalue weighted by Crippen LogP contribution is 2.33. The van der Waals surface area contributed by atoms with Gasteiger partial charge in [0.25, 0.3) is 5.56 Å². The minimum atomic E-state index is -0.739. The molecule has 0 bridgehead atoms. The summed E-state index contributed by atoms with van der Waals surface area (Å²) in [7, 11) is 2.94. The Labute approximate surface area is 179 Å². The van der Waals surface area contributed by atoms with Crippen molar-refractivity contribution in [1.82, 2.24) is 9.55 Å². The minimum absolute atomic E-state index is 0.00545. The van der Waals surface area contributed by atoms with Gasteiger partial charge in [-0.15, -0.1) is 0 Å². The molecule has 0 unspecified atom stereocenters. The van der Waals surface area contributed by atoms with E-state index in [9.17, 15) is 19.2 Å². The number of nitrogen functional groups attached to an aromatic ring is 1. The number of methoxy groups -OCH3 is 1. The highest BCUT2D eigenvalue weighted by Gasteiger charge is 2.38. The van der Waals surface area contributed by atoms with E-state index in [0.29, 0.717) is 24.4 Å². The number of carbonyl (C=O) groups excluding carboxylic acids is 2. The van der Waals surface area contributed by atoms with Crippen LogP contribution in [0.2, 0.25) is 0 Å². The van der Waals surface area contributed by atoms with Gasteiger partial charge in [0.15, 0.2) is 5.69 Å². The zero-order valence-electron chi connectivity index (χ0n) is 17.9. The number of rotatable bonds is 7. The first-order valence-electron chi connectivity index (χ1n) is 10.1. The van der Waals surface area contributed by atoms with Crippen LogP contribution < -0.4 is 31.5 Å². The van der Waals surface area contributed by atoms with Crippen LogP contribution >= 0.6 is 0 Å². The Kier molecular flexibility index (Phi) is 6.47. The zero-order chi connectivity index (χ0) is 22.7. The van der Waals surface area contributed by atoms with Gasteiger partial charge in [-0.3, -0.25) is 23.9 Å². The second kappa shape index (κ2) is 9.07. The number of nitrogens with two attached hydrogens (primary N) is 1. The molecule has 1 atom stereocenters. The first-order chi connectivity index (χ1) is 14.8. The third kappa shape index (κ3) is 4.18. The van der Waals surface area contributed by atoms with Crippen molar-refractivity contribution in [3.05, 3.63) is 45.1 Å². The number of para-hydroxylation sites is 2.